The molecular weight excluding hydrogens is 310 g/mol. The monoisotopic (exact) mass is 325 g/mol. The highest BCUT2D eigenvalue weighted by Gasteiger charge is 2.18. The molecule has 19 heavy (non-hydrogen) atoms. The minimum atomic E-state index is -0.405. The lowest BCUT2D eigenvalue weighted by Gasteiger charge is -2.10. The largest absolute Gasteiger partial charge is 0.461 e. The number of carbonyl (C=O) groups is 1. The second kappa shape index (κ2) is 5.28. The van der Waals surface area contributed by atoms with Gasteiger partial charge in [-0.05, 0) is 41.8 Å². The van der Waals surface area contributed by atoms with Gasteiger partial charge in [-0.2, -0.15) is 5.10 Å². The Kier molecular flexibility index (Phi) is 3.89. The second-order valence-electron chi connectivity index (χ2n) is 4.58. The molecule has 0 atom stereocenters. The fraction of sp³-hybridized carbons (Fsp3) is 0.462. The van der Waals surface area contributed by atoms with Crippen molar-refractivity contribution in [3.63, 3.8) is 0 Å². The van der Waals surface area contributed by atoms with Gasteiger partial charge >= 0.3 is 5.97 Å². The zero-order valence-corrected chi connectivity index (χ0v) is 13.0. The average Bonchev–Trinajstić information content (AvgIpc) is 2.64. The normalized spacial score (nSPS) is 11.3. The molecule has 2 aromatic heterocycles. The summed E-state index contributed by atoms with van der Waals surface area (Å²) in [7, 11) is 0. The Balaban J connectivity index is 2.69. The van der Waals surface area contributed by atoms with Gasteiger partial charge in [0, 0.05) is 5.69 Å². The molecule has 102 valence electrons. The molecule has 0 spiro atoms. The van der Waals surface area contributed by atoms with E-state index in [1.54, 1.807) is 17.5 Å². The molecular formula is C13H16BrN3O2. The summed E-state index contributed by atoms with van der Waals surface area (Å²) in [6.07, 6.45) is 0. The fourth-order valence-corrected chi connectivity index (χ4v) is 2.18. The summed E-state index contributed by atoms with van der Waals surface area (Å²) in [6, 6.07) is 1.74. The molecule has 0 aliphatic carbocycles. The first-order chi connectivity index (χ1) is 8.95. The van der Waals surface area contributed by atoms with Crippen LogP contribution in [0.1, 0.15) is 48.6 Å². The van der Waals surface area contributed by atoms with Crippen molar-refractivity contribution in [3.8, 4) is 0 Å². The fourth-order valence-electron chi connectivity index (χ4n) is 1.84. The highest BCUT2D eigenvalue weighted by molar-refractivity contribution is 9.10. The highest BCUT2D eigenvalue weighted by Crippen LogP contribution is 2.25. The van der Waals surface area contributed by atoms with Gasteiger partial charge in [0.15, 0.2) is 11.3 Å². The molecule has 0 N–H and O–H groups in total. The topological polar surface area (TPSA) is 56.5 Å². The number of nitrogens with zero attached hydrogens (tertiary/aromatic N) is 3. The van der Waals surface area contributed by atoms with Crippen molar-refractivity contribution in [1.82, 2.24) is 14.6 Å². The van der Waals surface area contributed by atoms with E-state index in [9.17, 15) is 4.79 Å². The first-order valence-corrected chi connectivity index (χ1v) is 6.97. The maximum absolute atomic E-state index is 11.9. The summed E-state index contributed by atoms with van der Waals surface area (Å²) in [5, 5.41) is 4.44. The van der Waals surface area contributed by atoms with Crippen molar-refractivity contribution in [2.75, 3.05) is 6.61 Å². The lowest BCUT2D eigenvalue weighted by Crippen LogP contribution is -2.11. The molecule has 0 radical (unpaired) electrons. The third-order valence-electron chi connectivity index (χ3n) is 2.80. The van der Waals surface area contributed by atoms with Crippen molar-refractivity contribution < 1.29 is 9.53 Å². The number of ether oxygens (including phenoxy) is 1. The Hall–Kier alpha value is -1.43. The van der Waals surface area contributed by atoms with Crippen LogP contribution >= 0.6 is 15.9 Å². The molecule has 0 amide bonds. The van der Waals surface area contributed by atoms with E-state index in [0.29, 0.717) is 17.9 Å². The number of hydrogen-bond acceptors (Lipinski definition) is 4. The number of fused-ring (bicyclic) bond motifs is 1. The summed E-state index contributed by atoms with van der Waals surface area (Å²) >= 11 is 3.46. The van der Waals surface area contributed by atoms with E-state index in [1.165, 1.54) is 0 Å². The summed E-state index contributed by atoms with van der Waals surface area (Å²) in [6.45, 7) is 8.11. The van der Waals surface area contributed by atoms with Crippen LogP contribution in [0.2, 0.25) is 0 Å². The Labute approximate surface area is 120 Å². The van der Waals surface area contributed by atoms with Gasteiger partial charge in [-0.25, -0.2) is 14.3 Å². The predicted molar refractivity (Wildman–Crippen MR) is 75.5 cm³/mol. The molecule has 2 heterocycles. The van der Waals surface area contributed by atoms with Gasteiger partial charge < -0.3 is 4.74 Å². The minimum Gasteiger partial charge on any atom is -0.461 e. The summed E-state index contributed by atoms with van der Waals surface area (Å²) in [5.74, 6) is -0.178. The molecule has 2 aromatic rings. The van der Waals surface area contributed by atoms with Crippen molar-refractivity contribution >= 4 is 27.5 Å². The Morgan fingerprint density at radius 3 is 2.79 bits per heavy atom. The lowest BCUT2D eigenvalue weighted by molar-refractivity contribution is 0.0519. The Morgan fingerprint density at radius 2 is 2.21 bits per heavy atom. The molecule has 0 saturated carbocycles. The molecule has 0 aromatic carbocycles. The van der Waals surface area contributed by atoms with E-state index < -0.39 is 5.97 Å². The number of hydrogen-bond donors (Lipinski definition) is 0. The molecule has 0 fully saturated rings. The smallest absolute Gasteiger partial charge is 0.357 e. The van der Waals surface area contributed by atoms with Crippen molar-refractivity contribution in [1.29, 1.82) is 0 Å². The summed E-state index contributed by atoms with van der Waals surface area (Å²) in [4.78, 5) is 16.2. The molecule has 0 aliphatic rings. The highest BCUT2D eigenvalue weighted by atomic mass is 79.9. The van der Waals surface area contributed by atoms with Crippen molar-refractivity contribution in [2.24, 2.45) is 0 Å². The van der Waals surface area contributed by atoms with Crippen LogP contribution in [0.3, 0.4) is 0 Å². The molecule has 5 nitrogen and oxygen atoms in total. The van der Waals surface area contributed by atoms with Gasteiger partial charge in [0.1, 0.15) is 0 Å². The van der Waals surface area contributed by atoms with E-state index in [4.69, 9.17) is 4.74 Å². The predicted octanol–water partition coefficient (Wildman–Crippen LogP) is 3.10. The van der Waals surface area contributed by atoms with Crippen LogP contribution in [0.15, 0.2) is 10.5 Å². The van der Waals surface area contributed by atoms with E-state index in [0.717, 1.165) is 15.9 Å². The molecule has 0 aliphatic heterocycles. The van der Waals surface area contributed by atoms with E-state index >= 15 is 0 Å². The van der Waals surface area contributed by atoms with Crippen LogP contribution in [0, 0.1) is 6.92 Å². The van der Waals surface area contributed by atoms with Crippen molar-refractivity contribution in [3.05, 3.63) is 27.6 Å². The SMILES string of the molecule is CCOC(=O)c1cc(C(C)C)n2nc(C)c(Br)c2n1. The van der Waals surface area contributed by atoms with E-state index in [2.05, 4.69) is 39.9 Å². The van der Waals surface area contributed by atoms with Gasteiger partial charge in [0.05, 0.1) is 16.8 Å². The number of aromatic nitrogens is 3. The van der Waals surface area contributed by atoms with E-state index in [1.807, 2.05) is 6.92 Å². The molecule has 0 unspecified atom stereocenters. The molecule has 2 rings (SSSR count). The quantitative estimate of drug-likeness (QED) is 0.813. The summed E-state index contributed by atoms with van der Waals surface area (Å²) < 4.78 is 7.59. The maximum Gasteiger partial charge on any atom is 0.357 e. The number of esters is 1. The number of carbonyl (C=O) groups excluding carboxylic acids is 1. The van der Waals surface area contributed by atoms with Crippen LogP contribution in [0.4, 0.5) is 0 Å². The van der Waals surface area contributed by atoms with Gasteiger partial charge in [-0.1, -0.05) is 13.8 Å². The van der Waals surface area contributed by atoms with Crippen molar-refractivity contribution in [2.45, 2.75) is 33.6 Å². The first kappa shape index (κ1) is 14.0. The second-order valence-corrected chi connectivity index (χ2v) is 5.37. The zero-order valence-electron chi connectivity index (χ0n) is 11.4. The maximum atomic E-state index is 11.9. The Bertz CT molecular complexity index is 634. The third-order valence-corrected chi connectivity index (χ3v) is 3.72. The number of rotatable bonds is 3. The molecule has 6 heteroatoms. The molecule has 0 saturated heterocycles. The minimum absolute atomic E-state index is 0.227. The lowest BCUT2D eigenvalue weighted by atomic mass is 10.1. The first-order valence-electron chi connectivity index (χ1n) is 6.18. The van der Waals surface area contributed by atoms with Gasteiger partial charge in [-0.15, -0.1) is 0 Å². The van der Waals surface area contributed by atoms with Gasteiger partial charge in [0.2, 0.25) is 0 Å². The molecule has 0 bridgehead atoms. The van der Waals surface area contributed by atoms with Gasteiger partial charge in [0.25, 0.3) is 0 Å². The standard InChI is InChI=1S/C13H16BrN3O2/c1-5-19-13(18)9-6-10(7(2)3)17-12(15-9)11(14)8(4)16-17/h6-7H,5H2,1-4H3. The van der Waals surface area contributed by atoms with Gasteiger partial charge in [-0.3, -0.25) is 0 Å². The summed E-state index contributed by atoms with van der Waals surface area (Å²) in [5.41, 5.74) is 2.74. The van der Waals surface area contributed by atoms with Crippen LogP contribution < -0.4 is 0 Å². The van der Waals surface area contributed by atoms with E-state index in [-0.39, 0.29) is 5.92 Å². The number of aryl methyl sites for hydroxylation is 1. The Morgan fingerprint density at radius 1 is 1.53 bits per heavy atom. The van der Waals surface area contributed by atoms with Crippen LogP contribution in [0.25, 0.3) is 5.65 Å². The van der Waals surface area contributed by atoms with Crippen LogP contribution in [-0.4, -0.2) is 27.2 Å². The number of halogens is 1. The van der Waals surface area contributed by atoms with Crippen LogP contribution in [0.5, 0.6) is 0 Å². The average molecular weight is 326 g/mol. The van der Waals surface area contributed by atoms with Crippen LogP contribution in [-0.2, 0) is 4.74 Å². The third kappa shape index (κ3) is 2.49. The zero-order chi connectivity index (χ0) is 14.2.